The van der Waals surface area contributed by atoms with Crippen molar-refractivity contribution >= 4 is 18.3 Å². The minimum absolute atomic E-state index is 0. The Labute approximate surface area is 133 Å². The van der Waals surface area contributed by atoms with E-state index < -0.39 is 0 Å². The summed E-state index contributed by atoms with van der Waals surface area (Å²) in [5, 5.41) is 0. The highest BCUT2D eigenvalue weighted by molar-refractivity contribution is 5.85. The molecule has 1 saturated heterocycles. The molecule has 4 heteroatoms. The molecule has 1 aliphatic heterocycles. The maximum atomic E-state index is 12.5. The van der Waals surface area contributed by atoms with Gasteiger partial charge in [0.1, 0.15) is 0 Å². The predicted octanol–water partition coefficient (Wildman–Crippen LogP) is 2.66. The van der Waals surface area contributed by atoms with Crippen LogP contribution in [-0.4, -0.2) is 30.4 Å². The Morgan fingerprint density at radius 3 is 2.43 bits per heavy atom. The van der Waals surface area contributed by atoms with E-state index in [0.717, 1.165) is 19.5 Å². The fourth-order valence-electron chi connectivity index (χ4n) is 3.48. The quantitative estimate of drug-likeness (QED) is 0.933. The van der Waals surface area contributed by atoms with Crippen LogP contribution in [-0.2, 0) is 4.79 Å². The fourth-order valence-corrected chi connectivity index (χ4v) is 3.48. The van der Waals surface area contributed by atoms with E-state index >= 15 is 0 Å². The van der Waals surface area contributed by atoms with Crippen LogP contribution in [0.1, 0.15) is 31.7 Å². The summed E-state index contributed by atoms with van der Waals surface area (Å²) in [6, 6.07) is 10.5. The fraction of sp³-hybridized carbons (Fsp3) is 0.588. The first-order valence-corrected chi connectivity index (χ1v) is 7.57. The molecule has 2 fully saturated rings. The molecule has 21 heavy (non-hydrogen) atoms. The average Bonchev–Trinajstić information content (AvgIpc) is 2.90. The second-order valence-electron chi connectivity index (χ2n) is 7.00. The predicted molar refractivity (Wildman–Crippen MR) is 87.4 cm³/mol. The van der Waals surface area contributed by atoms with Crippen LogP contribution in [0.5, 0.6) is 0 Å². The summed E-state index contributed by atoms with van der Waals surface area (Å²) in [5.41, 5.74) is 7.45. The van der Waals surface area contributed by atoms with Gasteiger partial charge in [-0.05, 0) is 29.9 Å². The first-order valence-electron chi connectivity index (χ1n) is 7.57. The van der Waals surface area contributed by atoms with Gasteiger partial charge in [0.2, 0.25) is 5.91 Å². The average molecular weight is 309 g/mol. The van der Waals surface area contributed by atoms with Gasteiger partial charge < -0.3 is 10.6 Å². The Balaban J connectivity index is 0.00000161. The van der Waals surface area contributed by atoms with E-state index in [9.17, 15) is 4.79 Å². The van der Waals surface area contributed by atoms with Gasteiger partial charge in [0, 0.05) is 24.9 Å². The van der Waals surface area contributed by atoms with E-state index in [1.807, 2.05) is 6.07 Å². The van der Waals surface area contributed by atoms with Crippen molar-refractivity contribution in [1.29, 1.82) is 0 Å². The molecule has 0 bridgehead atoms. The minimum atomic E-state index is 0. The number of carbonyl (C=O) groups is 1. The van der Waals surface area contributed by atoms with Gasteiger partial charge in [0.05, 0.1) is 0 Å². The van der Waals surface area contributed by atoms with Crippen LogP contribution in [0.4, 0.5) is 0 Å². The SMILES string of the molecule is CC1(C)CC1C(=O)N1C[C@@H](CN)[C@H](c2ccccc2)C1.Cl. The van der Waals surface area contributed by atoms with Gasteiger partial charge >= 0.3 is 0 Å². The van der Waals surface area contributed by atoms with Crippen LogP contribution in [0.2, 0.25) is 0 Å². The molecule has 0 spiro atoms. The van der Waals surface area contributed by atoms with E-state index in [1.54, 1.807) is 0 Å². The summed E-state index contributed by atoms with van der Waals surface area (Å²) in [7, 11) is 0. The van der Waals surface area contributed by atoms with E-state index in [2.05, 4.69) is 43.0 Å². The number of amides is 1. The highest BCUT2D eigenvalue weighted by Crippen LogP contribution is 2.53. The largest absolute Gasteiger partial charge is 0.341 e. The first-order chi connectivity index (χ1) is 9.53. The van der Waals surface area contributed by atoms with Crippen molar-refractivity contribution in [3.63, 3.8) is 0 Å². The molecule has 1 unspecified atom stereocenters. The lowest BCUT2D eigenvalue weighted by Crippen LogP contribution is -2.32. The topological polar surface area (TPSA) is 46.3 Å². The molecule has 2 aliphatic rings. The lowest BCUT2D eigenvalue weighted by molar-refractivity contribution is -0.132. The summed E-state index contributed by atoms with van der Waals surface area (Å²) >= 11 is 0. The Morgan fingerprint density at radius 1 is 1.29 bits per heavy atom. The summed E-state index contributed by atoms with van der Waals surface area (Å²) < 4.78 is 0. The number of carbonyl (C=O) groups excluding carboxylic acids is 1. The number of hydrogen-bond donors (Lipinski definition) is 1. The number of rotatable bonds is 3. The normalized spacial score (nSPS) is 29.9. The zero-order valence-electron chi connectivity index (χ0n) is 12.8. The number of nitrogens with two attached hydrogens (primary N) is 1. The van der Waals surface area contributed by atoms with Crippen LogP contribution >= 0.6 is 12.4 Å². The van der Waals surface area contributed by atoms with Crippen molar-refractivity contribution in [3.05, 3.63) is 35.9 Å². The van der Waals surface area contributed by atoms with Gasteiger partial charge in [-0.25, -0.2) is 0 Å². The molecule has 1 aromatic rings. The third-order valence-electron chi connectivity index (χ3n) is 5.09. The van der Waals surface area contributed by atoms with E-state index in [0.29, 0.717) is 24.3 Å². The third-order valence-corrected chi connectivity index (χ3v) is 5.09. The Morgan fingerprint density at radius 2 is 1.90 bits per heavy atom. The van der Waals surface area contributed by atoms with Crippen molar-refractivity contribution in [2.45, 2.75) is 26.2 Å². The van der Waals surface area contributed by atoms with Gasteiger partial charge in [0.25, 0.3) is 0 Å². The number of likely N-dealkylation sites (tertiary alicyclic amines) is 1. The molecule has 116 valence electrons. The molecule has 3 nitrogen and oxygen atoms in total. The second-order valence-corrected chi connectivity index (χ2v) is 7.00. The van der Waals surface area contributed by atoms with Gasteiger partial charge in [-0.2, -0.15) is 0 Å². The van der Waals surface area contributed by atoms with Crippen molar-refractivity contribution in [2.75, 3.05) is 19.6 Å². The van der Waals surface area contributed by atoms with Gasteiger partial charge in [-0.1, -0.05) is 44.2 Å². The summed E-state index contributed by atoms with van der Waals surface area (Å²) in [5.74, 6) is 1.36. The number of benzene rings is 1. The monoisotopic (exact) mass is 308 g/mol. The van der Waals surface area contributed by atoms with Gasteiger partial charge in [-0.3, -0.25) is 4.79 Å². The summed E-state index contributed by atoms with van der Waals surface area (Å²) in [6.45, 7) is 6.66. The van der Waals surface area contributed by atoms with Crippen molar-refractivity contribution in [2.24, 2.45) is 23.0 Å². The van der Waals surface area contributed by atoms with Crippen molar-refractivity contribution in [3.8, 4) is 0 Å². The number of nitrogens with zero attached hydrogens (tertiary/aromatic N) is 1. The molecule has 0 aromatic heterocycles. The molecule has 1 heterocycles. The first kappa shape index (κ1) is 16.3. The molecular weight excluding hydrogens is 284 g/mol. The highest BCUT2D eigenvalue weighted by atomic mass is 35.5. The lowest BCUT2D eigenvalue weighted by Gasteiger charge is -2.17. The molecule has 3 rings (SSSR count). The molecule has 1 amide bonds. The standard InChI is InChI=1S/C17H24N2O.ClH/c1-17(2)8-15(17)16(20)19-10-13(9-18)14(11-19)12-6-4-3-5-7-12;/h3-7,13-15H,8-11,18H2,1-2H3;1H/t13-,14+,15?;/m1./s1. The maximum Gasteiger partial charge on any atom is 0.226 e. The van der Waals surface area contributed by atoms with Crippen molar-refractivity contribution < 1.29 is 4.79 Å². The van der Waals surface area contributed by atoms with Crippen molar-refractivity contribution in [1.82, 2.24) is 4.90 Å². The van der Waals surface area contributed by atoms with Gasteiger partial charge in [0.15, 0.2) is 0 Å². The molecule has 3 atom stereocenters. The third kappa shape index (κ3) is 3.09. The van der Waals surface area contributed by atoms with Gasteiger partial charge in [-0.15, -0.1) is 12.4 Å². The summed E-state index contributed by atoms with van der Waals surface area (Å²) in [6.07, 6.45) is 1.03. The zero-order valence-corrected chi connectivity index (χ0v) is 13.6. The van der Waals surface area contributed by atoms with E-state index in [-0.39, 0.29) is 23.7 Å². The van der Waals surface area contributed by atoms with Crippen LogP contribution < -0.4 is 5.73 Å². The maximum absolute atomic E-state index is 12.5. The minimum Gasteiger partial charge on any atom is -0.341 e. The lowest BCUT2D eigenvalue weighted by atomic mass is 9.89. The Hall–Kier alpha value is -1.06. The molecule has 1 aromatic carbocycles. The second kappa shape index (κ2) is 5.98. The van der Waals surface area contributed by atoms with E-state index in [4.69, 9.17) is 5.73 Å². The molecular formula is C17H25ClN2O. The molecule has 1 saturated carbocycles. The number of halogens is 1. The Kier molecular flexibility index (Phi) is 4.64. The number of hydrogen-bond acceptors (Lipinski definition) is 2. The smallest absolute Gasteiger partial charge is 0.226 e. The highest BCUT2D eigenvalue weighted by Gasteiger charge is 2.53. The molecule has 0 radical (unpaired) electrons. The van der Waals surface area contributed by atoms with Crippen LogP contribution in [0, 0.1) is 17.3 Å². The zero-order chi connectivity index (χ0) is 14.3. The molecule has 2 N–H and O–H groups in total. The van der Waals surface area contributed by atoms with Crippen LogP contribution in [0.3, 0.4) is 0 Å². The Bertz CT molecular complexity index is 503. The van der Waals surface area contributed by atoms with Crippen LogP contribution in [0.15, 0.2) is 30.3 Å². The van der Waals surface area contributed by atoms with E-state index in [1.165, 1.54) is 5.56 Å². The van der Waals surface area contributed by atoms with Crippen LogP contribution in [0.25, 0.3) is 0 Å². The summed E-state index contributed by atoms with van der Waals surface area (Å²) in [4.78, 5) is 14.6. The molecule has 1 aliphatic carbocycles.